The van der Waals surface area contributed by atoms with E-state index in [9.17, 15) is 0 Å². The summed E-state index contributed by atoms with van der Waals surface area (Å²) >= 11 is 0. The number of H-pyrrole nitrogens is 1. The molecule has 0 bridgehead atoms. The van der Waals surface area contributed by atoms with Gasteiger partial charge in [-0.15, -0.1) is 0 Å². The van der Waals surface area contributed by atoms with Gasteiger partial charge in [0.05, 0.1) is 12.7 Å². The maximum absolute atomic E-state index is 5.28. The Bertz CT molecular complexity index is 852. The summed E-state index contributed by atoms with van der Waals surface area (Å²) in [5.74, 6) is 1.92. The van der Waals surface area contributed by atoms with Crippen molar-refractivity contribution in [1.82, 2.24) is 20.1 Å². The minimum atomic E-state index is 0.842. The smallest absolute Gasteiger partial charge is 0.132 e. The van der Waals surface area contributed by atoms with Crippen LogP contribution in [-0.2, 0) is 0 Å². The van der Waals surface area contributed by atoms with Crippen LogP contribution in [0.1, 0.15) is 0 Å². The number of nitrogens with zero attached hydrogens (tertiary/aromatic N) is 4. The molecule has 2 aromatic heterocycles. The highest BCUT2D eigenvalue weighted by atomic mass is 16.5. The van der Waals surface area contributed by atoms with Crippen molar-refractivity contribution in [1.29, 1.82) is 0 Å². The first-order valence-corrected chi connectivity index (χ1v) is 8.83. The maximum Gasteiger partial charge on any atom is 0.132 e. The molecule has 0 amide bonds. The number of aromatic amines is 1. The number of nitrogens with one attached hydrogen (secondary N) is 1. The number of rotatable bonds is 4. The van der Waals surface area contributed by atoms with Crippen LogP contribution in [0.5, 0.6) is 5.75 Å². The van der Waals surface area contributed by atoms with Crippen LogP contribution in [0.15, 0.2) is 48.8 Å². The molecule has 0 atom stereocenters. The van der Waals surface area contributed by atoms with Gasteiger partial charge in [-0.1, -0.05) is 0 Å². The number of methoxy groups -OCH3 is 1. The van der Waals surface area contributed by atoms with Crippen LogP contribution in [0, 0.1) is 0 Å². The zero-order valence-corrected chi connectivity index (χ0v) is 15.1. The Morgan fingerprint density at radius 2 is 1.62 bits per heavy atom. The van der Waals surface area contributed by atoms with E-state index in [4.69, 9.17) is 4.74 Å². The van der Waals surface area contributed by atoms with Crippen LogP contribution in [-0.4, -0.2) is 60.4 Å². The maximum atomic E-state index is 5.28. The molecule has 0 spiro atoms. The van der Waals surface area contributed by atoms with Gasteiger partial charge in [0.25, 0.3) is 0 Å². The van der Waals surface area contributed by atoms with Crippen molar-refractivity contribution in [3.05, 3.63) is 48.8 Å². The molecule has 0 unspecified atom stereocenters. The molecule has 3 aromatic rings. The number of ether oxygens (including phenoxy) is 1. The van der Waals surface area contributed by atoms with Crippen molar-refractivity contribution in [2.45, 2.75) is 0 Å². The van der Waals surface area contributed by atoms with Gasteiger partial charge in [0.15, 0.2) is 0 Å². The topological polar surface area (TPSA) is 57.3 Å². The highest BCUT2D eigenvalue weighted by Gasteiger charge is 2.23. The van der Waals surface area contributed by atoms with E-state index in [1.54, 1.807) is 7.11 Å². The van der Waals surface area contributed by atoms with Gasteiger partial charge in [0.2, 0.25) is 0 Å². The predicted octanol–water partition coefficient (Wildman–Crippen LogP) is 2.90. The lowest BCUT2D eigenvalue weighted by Gasteiger charge is -2.33. The number of hydrogen-bond acceptors (Lipinski definition) is 5. The monoisotopic (exact) mass is 349 g/mol. The minimum absolute atomic E-state index is 0.842. The van der Waals surface area contributed by atoms with E-state index in [2.05, 4.69) is 32.0 Å². The lowest BCUT2D eigenvalue weighted by atomic mass is 10.0. The SMILES string of the molecule is COc1ccc(-c2n[nH]c(N3CCN(C)CC3)c2-c2ccncc2)cc1. The summed E-state index contributed by atoms with van der Waals surface area (Å²) in [7, 11) is 3.84. The second-order valence-electron chi connectivity index (χ2n) is 6.55. The number of aromatic nitrogens is 3. The van der Waals surface area contributed by atoms with Gasteiger partial charge >= 0.3 is 0 Å². The van der Waals surface area contributed by atoms with Crippen molar-refractivity contribution < 1.29 is 4.74 Å². The highest BCUT2D eigenvalue weighted by Crippen LogP contribution is 2.38. The van der Waals surface area contributed by atoms with Gasteiger partial charge in [0, 0.05) is 44.1 Å². The number of piperazine rings is 1. The van der Waals surface area contributed by atoms with E-state index in [1.165, 1.54) is 0 Å². The van der Waals surface area contributed by atoms with Crippen molar-refractivity contribution in [3.63, 3.8) is 0 Å². The van der Waals surface area contributed by atoms with Crippen LogP contribution in [0.2, 0.25) is 0 Å². The lowest BCUT2D eigenvalue weighted by Crippen LogP contribution is -2.44. The van der Waals surface area contributed by atoms with E-state index in [0.29, 0.717) is 0 Å². The average Bonchev–Trinajstić information content (AvgIpc) is 3.14. The number of anilines is 1. The molecular formula is C20H23N5O. The van der Waals surface area contributed by atoms with Crippen molar-refractivity contribution in [2.24, 2.45) is 0 Å². The summed E-state index contributed by atoms with van der Waals surface area (Å²) in [6.45, 7) is 4.07. The molecule has 134 valence electrons. The molecule has 1 aliphatic rings. The second kappa shape index (κ2) is 7.17. The van der Waals surface area contributed by atoms with Crippen LogP contribution in [0.25, 0.3) is 22.4 Å². The fraction of sp³-hybridized carbons (Fsp3) is 0.300. The Kier molecular flexibility index (Phi) is 4.58. The molecule has 6 nitrogen and oxygen atoms in total. The Balaban J connectivity index is 1.79. The molecule has 0 saturated carbocycles. The van der Waals surface area contributed by atoms with Crippen molar-refractivity contribution in [2.75, 3.05) is 45.2 Å². The van der Waals surface area contributed by atoms with Crippen LogP contribution in [0.3, 0.4) is 0 Å². The molecule has 0 aliphatic carbocycles. The van der Waals surface area contributed by atoms with Gasteiger partial charge in [0.1, 0.15) is 17.3 Å². The van der Waals surface area contributed by atoms with Gasteiger partial charge in [-0.3, -0.25) is 10.1 Å². The van der Waals surface area contributed by atoms with E-state index in [-0.39, 0.29) is 0 Å². The Morgan fingerprint density at radius 1 is 0.923 bits per heavy atom. The summed E-state index contributed by atoms with van der Waals surface area (Å²) in [5.41, 5.74) is 4.26. The molecule has 1 saturated heterocycles. The van der Waals surface area contributed by atoms with Gasteiger partial charge in [-0.05, 0) is 49.0 Å². The van der Waals surface area contributed by atoms with E-state index in [0.717, 1.165) is 60.1 Å². The highest BCUT2D eigenvalue weighted by molar-refractivity contribution is 5.89. The first kappa shape index (κ1) is 16.6. The first-order valence-electron chi connectivity index (χ1n) is 8.83. The second-order valence-corrected chi connectivity index (χ2v) is 6.55. The average molecular weight is 349 g/mol. The number of hydrogen-bond donors (Lipinski definition) is 1. The summed E-state index contributed by atoms with van der Waals surface area (Å²) < 4.78 is 5.28. The quantitative estimate of drug-likeness (QED) is 0.785. The standard InChI is InChI=1S/C20H23N5O/c1-24-11-13-25(14-12-24)20-18(15-7-9-21-10-8-15)19(22-23-20)16-3-5-17(26-2)6-4-16/h3-10H,11-14H2,1-2H3,(H,22,23). The molecule has 3 heterocycles. The van der Waals surface area contributed by atoms with E-state index in [1.807, 2.05) is 48.8 Å². The molecule has 1 fully saturated rings. The molecule has 26 heavy (non-hydrogen) atoms. The van der Waals surface area contributed by atoms with Crippen LogP contribution in [0.4, 0.5) is 5.82 Å². The molecule has 1 aromatic carbocycles. The Hall–Kier alpha value is -2.86. The minimum Gasteiger partial charge on any atom is -0.497 e. The summed E-state index contributed by atoms with van der Waals surface area (Å²) in [4.78, 5) is 8.90. The van der Waals surface area contributed by atoms with Crippen molar-refractivity contribution >= 4 is 5.82 Å². The van der Waals surface area contributed by atoms with Gasteiger partial charge in [-0.25, -0.2) is 0 Å². The third-order valence-corrected chi connectivity index (χ3v) is 4.90. The molecule has 4 rings (SSSR count). The predicted molar refractivity (Wildman–Crippen MR) is 104 cm³/mol. The largest absolute Gasteiger partial charge is 0.497 e. The van der Waals surface area contributed by atoms with Crippen LogP contribution >= 0.6 is 0 Å². The Labute approximate surface area is 153 Å². The summed E-state index contributed by atoms with van der Waals surface area (Å²) in [6, 6.07) is 12.1. The van der Waals surface area contributed by atoms with Gasteiger partial charge < -0.3 is 14.5 Å². The number of pyridine rings is 1. The zero-order chi connectivity index (χ0) is 17.9. The zero-order valence-electron chi connectivity index (χ0n) is 15.1. The van der Waals surface area contributed by atoms with Gasteiger partial charge in [-0.2, -0.15) is 5.10 Å². The normalized spacial score (nSPS) is 15.2. The molecule has 1 N–H and O–H groups in total. The molecular weight excluding hydrogens is 326 g/mol. The van der Waals surface area contributed by atoms with Crippen molar-refractivity contribution in [3.8, 4) is 28.1 Å². The van der Waals surface area contributed by atoms with E-state index < -0.39 is 0 Å². The fourth-order valence-corrected chi connectivity index (χ4v) is 3.34. The third kappa shape index (κ3) is 3.15. The lowest BCUT2D eigenvalue weighted by molar-refractivity contribution is 0.312. The molecule has 1 aliphatic heterocycles. The number of benzene rings is 1. The fourth-order valence-electron chi connectivity index (χ4n) is 3.34. The molecule has 6 heteroatoms. The van der Waals surface area contributed by atoms with E-state index >= 15 is 0 Å². The number of likely N-dealkylation sites (N-methyl/N-ethyl adjacent to an activating group) is 1. The first-order chi connectivity index (χ1) is 12.8. The summed E-state index contributed by atoms with van der Waals surface area (Å²) in [6.07, 6.45) is 3.65. The van der Waals surface area contributed by atoms with Crippen LogP contribution < -0.4 is 9.64 Å². The Morgan fingerprint density at radius 3 is 2.27 bits per heavy atom. The third-order valence-electron chi connectivity index (χ3n) is 4.90. The summed E-state index contributed by atoms with van der Waals surface area (Å²) in [5, 5.41) is 7.96. The molecule has 0 radical (unpaired) electrons.